The van der Waals surface area contributed by atoms with Crippen molar-refractivity contribution in [1.29, 1.82) is 0 Å². The number of ether oxygens (including phenoxy) is 1. The second-order valence-electron chi connectivity index (χ2n) is 8.49. The molecule has 0 aromatic heterocycles. The van der Waals surface area contributed by atoms with Crippen molar-refractivity contribution >= 4 is 40.3 Å². The Morgan fingerprint density at radius 2 is 1.59 bits per heavy atom. The number of nitrogens with one attached hydrogen (secondary N) is 2. The fraction of sp³-hybridized carbons (Fsp3) is 0.400. The number of benzene rings is 2. The summed E-state index contributed by atoms with van der Waals surface area (Å²) in [4.78, 5) is 60.3. The molecule has 2 rings (SSSR count). The highest BCUT2D eigenvalue weighted by atomic mass is 16.5. The summed E-state index contributed by atoms with van der Waals surface area (Å²) < 4.78 is 5.07. The molecule has 2 aromatic rings. The van der Waals surface area contributed by atoms with Gasteiger partial charge in [0.2, 0.25) is 11.8 Å². The number of Topliss-reactive ketones (excluding diaryl/α,β-unsaturated/α-hetero) is 1. The first-order chi connectivity index (χ1) is 16.1. The van der Waals surface area contributed by atoms with Gasteiger partial charge in [-0.15, -0.1) is 0 Å². The first kappa shape index (κ1) is 26.5. The molecule has 0 bridgehead atoms. The van der Waals surface area contributed by atoms with Crippen LogP contribution in [0.25, 0.3) is 10.8 Å². The van der Waals surface area contributed by atoms with Gasteiger partial charge < -0.3 is 20.5 Å². The molecular formula is C25H30N2O7. The summed E-state index contributed by atoms with van der Waals surface area (Å²) in [5.74, 6) is -3.67. The molecule has 0 fully saturated rings. The van der Waals surface area contributed by atoms with Crippen LogP contribution < -0.4 is 10.6 Å². The highest BCUT2D eigenvalue weighted by molar-refractivity contribution is 5.96. The molecule has 0 aliphatic carbocycles. The molecule has 2 unspecified atom stereocenters. The van der Waals surface area contributed by atoms with Gasteiger partial charge >= 0.3 is 11.9 Å². The lowest BCUT2D eigenvalue weighted by Crippen LogP contribution is -2.51. The van der Waals surface area contributed by atoms with E-state index in [1.165, 1.54) is 6.92 Å². The average Bonchev–Trinajstić information content (AvgIpc) is 2.76. The van der Waals surface area contributed by atoms with Crippen LogP contribution in [0.4, 0.5) is 0 Å². The molecule has 0 radical (unpaired) electrons. The van der Waals surface area contributed by atoms with E-state index in [9.17, 15) is 24.0 Å². The zero-order valence-corrected chi connectivity index (χ0v) is 19.5. The van der Waals surface area contributed by atoms with Crippen LogP contribution in [0, 0.1) is 5.92 Å². The van der Waals surface area contributed by atoms with E-state index in [2.05, 4.69) is 10.6 Å². The van der Waals surface area contributed by atoms with E-state index < -0.39 is 48.7 Å². The molecule has 9 nitrogen and oxygen atoms in total. The minimum Gasteiger partial charge on any atom is -0.481 e. The zero-order valence-electron chi connectivity index (χ0n) is 19.5. The van der Waals surface area contributed by atoms with Crippen molar-refractivity contribution in [1.82, 2.24) is 10.6 Å². The highest BCUT2D eigenvalue weighted by Gasteiger charge is 2.27. The van der Waals surface area contributed by atoms with Crippen LogP contribution in [0.2, 0.25) is 0 Å². The third-order valence-corrected chi connectivity index (χ3v) is 5.04. The Morgan fingerprint density at radius 1 is 0.912 bits per heavy atom. The molecule has 0 saturated heterocycles. The summed E-state index contributed by atoms with van der Waals surface area (Å²) >= 11 is 0. The van der Waals surface area contributed by atoms with Gasteiger partial charge in [-0.25, -0.2) is 0 Å². The van der Waals surface area contributed by atoms with E-state index >= 15 is 0 Å². The molecule has 182 valence electrons. The molecule has 2 amide bonds. The molecule has 0 heterocycles. The molecule has 2 aromatic carbocycles. The topological polar surface area (TPSA) is 139 Å². The van der Waals surface area contributed by atoms with Crippen molar-refractivity contribution in [3.63, 3.8) is 0 Å². The maximum Gasteiger partial charge on any atom is 0.310 e. The molecule has 0 aliphatic heterocycles. The Hall–Kier alpha value is -3.75. The standard InChI is InChI=1S/C25H30N2O7/c1-15(2)11-22(29)26-16(3)25(33)27-20(13-23(30)31)21(28)14-34-24(32)12-18-9-6-8-17-7-4-5-10-19(17)18/h4-10,15-16,20H,11-14H2,1-3H3,(H,26,29)(H,27,33)(H,30,31). The Morgan fingerprint density at radius 3 is 2.26 bits per heavy atom. The molecular weight excluding hydrogens is 440 g/mol. The molecule has 0 aliphatic rings. The van der Waals surface area contributed by atoms with E-state index in [4.69, 9.17) is 9.84 Å². The maximum absolute atomic E-state index is 12.5. The molecule has 34 heavy (non-hydrogen) atoms. The number of carboxylic acids is 1. The number of ketones is 1. The minimum absolute atomic E-state index is 0.0660. The van der Waals surface area contributed by atoms with Gasteiger partial charge in [0.05, 0.1) is 12.8 Å². The largest absolute Gasteiger partial charge is 0.481 e. The van der Waals surface area contributed by atoms with Gasteiger partial charge in [-0.2, -0.15) is 0 Å². The normalized spacial score (nSPS) is 12.6. The van der Waals surface area contributed by atoms with E-state index in [0.29, 0.717) is 0 Å². The quantitative estimate of drug-likeness (QED) is 0.403. The summed E-state index contributed by atoms with van der Waals surface area (Å²) in [6.07, 6.45) is -0.524. The summed E-state index contributed by atoms with van der Waals surface area (Å²) in [7, 11) is 0. The van der Waals surface area contributed by atoms with Crippen LogP contribution in [-0.4, -0.2) is 53.3 Å². The number of hydrogen-bond donors (Lipinski definition) is 3. The second kappa shape index (κ2) is 12.5. The lowest BCUT2D eigenvalue weighted by atomic mass is 10.0. The third-order valence-electron chi connectivity index (χ3n) is 5.04. The number of carbonyl (C=O) groups is 5. The fourth-order valence-corrected chi connectivity index (χ4v) is 3.36. The molecule has 0 spiro atoms. The van der Waals surface area contributed by atoms with Gasteiger partial charge in [0.15, 0.2) is 12.4 Å². The van der Waals surface area contributed by atoms with Crippen LogP contribution in [0.3, 0.4) is 0 Å². The first-order valence-electron chi connectivity index (χ1n) is 11.0. The number of carboxylic acid groups (broad SMARTS) is 1. The number of hydrogen-bond acceptors (Lipinski definition) is 6. The molecule has 0 saturated carbocycles. The van der Waals surface area contributed by atoms with E-state index in [1.807, 2.05) is 50.2 Å². The Balaban J connectivity index is 1.95. The number of rotatable bonds is 12. The predicted molar refractivity (Wildman–Crippen MR) is 125 cm³/mol. The minimum atomic E-state index is -1.40. The average molecular weight is 471 g/mol. The number of fused-ring (bicyclic) bond motifs is 1. The summed E-state index contributed by atoms with van der Waals surface area (Å²) in [6, 6.07) is 10.7. The van der Waals surface area contributed by atoms with Gasteiger partial charge in [-0.1, -0.05) is 56.3 Å². The Bertz CT molecular complexity index is 1060. The van der Waals surface area contributed by atoms with E-state index in [1.54, 1.807) is 6.07 Å². The lowest BCUT2D eigenvalue weighted by molar-refractivity contribution is -0.148. The van der Waals surface area contributed by atoms with Crippen molar-refractivity contribution in [3.8, 4) is 0 Å². The number of amides is 2. The fourth-order valence-electron chi connectivity index (χ4n) is 3.36. The SMILES string of the molecule is CC(C)CC(=O)NC(C)C(=O)NC(CC(=O)O)C(=O)COC(=O)Cc1cccc2ccccc12. The molecule has 9 heteroatoms. The van der Waals surface area contributed by atoms with Crippen molar-refractivity contribution < 1.29 is 33.8 Å². The molecule has 2 atom stereocenters. The lowest BCUT2D eigenvalue weighted by Gasteiger charge is -2.20. The van der Waals surface area contributed by atoms with Gasteiger partial charge in [-0.3, -0.25) is 24.0 Å². The summed E-state index contributed by atoms with van der Waals surface area (Å²) in [5, 5.41) is 15.8. The number of esters is 1. The van der Waals surface area contributed by atoms with Crippen molar-refractivity contribution in [2.75, 3.05) is 6.61 Å². The first-order valence-corrected chi connectivity index (χ1v) is 11.0. The number of aliphatic carboxylic acids is 1. The van der Waals surface area contributed by atoms with Crippen LogP contribution in [0.1, 0.15) is 39.2 Å². The smallest absolute Gasteiger partial charge is 0.310 e. The Kier molecular flexibility index (Phi) is 9.73. The third kappa shape index (κ3) is 8.31. The number of carbonyl (C=O) groups excluding carboxylic acids is 4. The Labute approximate surface area is 197 Å². The highest BCUT2D eigenvalue weighted by Crippen LogP contribution is 2.19. The van der Waals surface area contributed by atoms with Crippen LogP contribution >= 0.6 is 0 Å². The van der Waals surface area contributed by atoms with Gasteiger partial charge in [0.25, 0.3) is 0 Å². The summed E-state index contributed by atoms with van der Waals surface area (Å²) in [5.41, 5.74) is 0.733. The van der Waals surface area contributed by atoms with Crippen molar-refractivity contribution in [2.24, 2.45) is 5.92 Å². The van der Waals surface area contributed by atoms with E-state index in [-0.39, 0.29) is 24.7 Å². The van der Waals surface area contributed by atoms with E-state index in [0.717, 1.165) is 16.3 Å². The molecule has 3 N–H and O–H groups in total. The van der Waals surface area contributed by atoms with Gasteiger partial charge in [-0.05, 0) is 29.2 Å². The monoisotopic (exact) mass is 470 g/mol. The summed E-state index contributed by atoms with van der Waals surface area (Å²) in [6.45, 7) is 4.46. The van der Waals surface area contributed by atoms with Gasteiger partial charge in [0.1, 0.15) is 12.1 Å². The van der Waals surface area contributed by atoms with Crippen molar-refractivity contribution in [3.05, 3.63) is 48.0 Å². The van der Waals surface area contributed by atoms with Gasteiger partial charge in [0, 0.05) is 6.42 Å². The zero-order chi connectivity index (χ0) is 25.3. The van der Waals surface area contributed by atoms with Crippen LogP contribution in [-0.2, 0) is 35.1 Å². The second-order valence-corrected chi connectivity index (χ2v) is 8.49. The maximum atomic E-state index is 12.5. The van der Waals surface area contributed by atoms with Crippen LogP contribution in [0.5, 0.6) is 0 Å². The van der Waals surface area contributed by atoms with Crippen LogP contribution in [0.15, 0.2) is 42.5 Å². The van der Waals surface area contributed by atoms with Crippen molar-refractivity contribution in [2.45, 2.75) is 52.1 Å². The predicted octanol–water partition coefficient (Wildman–Crippen LogP) is 2.00.